The lowest BCUT2D eigenvalue weighted by Gasteiger charge is -2.24. The summed E-state index contributed by atoms with van der Waals surface area (Å²) in [6.07, 6.45) is 0.201. The molecular weight excluding hydrogens is 260 g/mol. The van der Waals surface area contributed by atoms with Crippen LogP contribution in [0.1, 0.15) is 19.4 Å². The van der Waals surface area contributed by atoms with Crippen molar-refractivity contribution in [3.63, 3.8) is 0 Å². The summed E-state index contributed by atoms with van der Waals surface area (Å²) in [6, 6.07) is 4.72. The standard InChI is InChI=1S/C15H16O5/c1-15(2,17)12-6-9-11(19-12)7-10-8(14(9)18-3)4-5-13(16)20-10/h4-5,7,12,17H,6H2,1-3H3/t12-/m0/s1. The highest BCUT2D eigenvalue weighted by Gasteiger charge is 2.37. The van der Waals surface area contributed by atoms with Gasteiger partial charge in [0.1, 0.15) is 23.2 Å². The van der Waals surface area contributed by atoms with Gasteiger partial charge in [-0.15, -0.1) is 0 Å². The van der Waals surface area contributed by atoms with E-state index in [1.54, 1.807) is 33.1 Å². The third kappa shape index (κ3) is 1.94. The molecule has 1 aliphatic heterocycles. The number of benzene rings is 1. The number of fused-ring (bicyclic) bond motifs is 2. The van der Waals surface area contributed by atoms with Crippen LogP contribution in [0.25, 0.3) is 11.0 Å². The van der Waals surface area contributed by atoms with Gasteiger partial charge in [-0.2, -0.15) is 0 Å². The van der Waals surface area contributed by atoms with Crippen LogP contribution in [-0.4, -0.2) is 23.9 Å². The second-order valence-electron chi connectivity index (χ2n) is 5.52. The molecule has 1 aliphatic rings. The Bertz CT molecular complexity index is 723. The van der Waals surface area contributed by atoms with Gasteiger partial charge in [0.05, 0.1) is 18.1 Å². The molecule has 5 heteroatoms. The third-order valence-electron chi connectivity index (χ3n) is 3.59. The first-order chi connectivity index (χ1) is 9.40. The quantitative estimate of drug-likeness (QED) is 0.848. The highest BCUT2D eigenvalue weighted by atomic mass is 16.5. The van der Waals surface area contributed by atoms with Crippen LogP contribution in [0.4, 0.5) is 0 Å². The summed E-state index contributed by atoms with van der Waals surface area (Å²) in [5.74, 6) is 1.23. The topological polar surface area (TPSA) is 68.9 Å². The molecule has 1 N–H and O–H groups in total. The van der Waals surface area contributed by atoms with Crippen molar-refractivity contribution in [1.82, 2.24) is 0 Å². The van der Waals surface area contributed by atoms with Gasteiger partial charge in [-0.1, -0.05) is 0 Å². The van der Waals surface area contributed by atoms with Crippen LogP contribution in [0.3, 0.4) is 0 Å². The van der Waals surface area contributed by atoms with E-state index in [0.717, 1.165) is 10.9 Å². The normalized spacial score (nSPS) is 17.9. The van der Waals surface area contributed by atoms with Crippen LogP contribution < -0.4 is 15.1 Å². The van der Waals surface area contributed by atoms with Crippen LogP contribution in [0.2, 0.25) is 0 Å². The molecule has 2 aromatic rings. The lowest BCUT2D eigenvalue weighted by molar-refractivity contribution is -0.0229. The smallest absolute Gasteiger partial charge is 0.336 e. The van der Waals surface area contributed by atoms with Gasteiger partial charge in [0.25, 0.3) is 0 Å². The fourth-order valence-electron chi connectivity index (χ4n) is 2.51. The number of methoxy groups -OCH3 is 1. The van der Waals surface area contributed by atoms with E-state index in [1.165, 1.54) is 6.07 Å². The van der Waals surface area contributed by atoms with E-state index >= 15 is 0 Å². The average Bonchev–Trinajstić information content (AvgIpc) is 2.78. The van der Waals surface area contributed by atoms with E-state index in [0.29, 0.717) is 23.5 Å². The van der Waals surface area contributed by atoms with E-state index in [2.05, 4.69) is 0 Å². The SMILES string of the molecule is COc1c2c(cc3oc(=O)ccc13)O[C@H](C(C)(C)O)C2. The Labute approximate surface area is 115 Å². The largest absolute Gasteiger partial charge is 0.496 e. The zero-order valence-electron chi connectivity index (χ0n) is 11.6. The molecule has 1 atom stereocenters. The van der Waals surface area contributed by atoms with Gasteiger partial charge in [0, 0.05) is 24.1 Å². The fraction of sp³-hybridized carbons (Fsp3) is 0.400. The number of rotatable bonds is 2. The van der Waals surface area contributed by atoms with E-state index in [-0.39, 0.29) is 6.10 Å². The Morgan fingerprint density at radius 2 is 2.15 bits per heavy atom. The number of ether oxygens (including phenoxy) is 2. The minimum Gasteiger partial charge on any atom is -0.496 e. The van der Waals surface area contributed by atoms with Crippen molar-refractivity contribution in [1.29, 1.82) is 0 Å². The van der Waals surface area contributed by atoms with Crippen LogP contribution in [0, 0.1) is 0 Å². The van der Waals surface area contributed by atoms with Crippen molar-refractivity contribution >= 4 is 11.0 Å². The minimum absolute atomic E-state index is 0.352. The number of aliphatic hydroxyl groups is 1. The van der Waals surface area contributed by atoms with Gasteiger partial charge in [-0.25, -0.2) is 4.79 Å². The molecule has 0 fully saturated rings. The molecular formula is C15H16O5. The molecule has 0 bridgehead atoms. The molecule has 3 rings (SSSR count). The molecule has 0 spiro atoms. The predicted molar refractivity (Wildman–Crippen MR) is 73.5 cm³/mol. The molecule has 5 nitrogen and oxygen atoms in total. The van der Waals surface area contributed by atoms with Gasteiger partial charge in [0.15, 0.2) is 0 Å². The summed E-state index contributed by atoms with van der Waals surface area (Å²) < 4.78 is 16.4. The summed E-state index contributed by atoms with van der Waals surface area (Å²) in [5.41, 5.74) is -0.0705. The monoisotopic (exact) mass is 276 g/mol. The van der Waals surface area contributed by atoms with Gasteiger partial charge in [0.2, 0.25) is 0 Å². The van der Waals surface area contributed by atoms with Gasteiger partial charge in [-0.05, 0) is 19.9 Å². The summed E-state index contributed by atoms with van der Waals surface area (Å²) in [6.45, 7) is 3.41. The number of hydrogen-bond acceptors (Lipinski definition) is 5. The first-order valence-electron chi connectivity index (χ1n) is 6.43. The molecule has 0 amide bonds. The van der Waals surface area contributed by atoms with Gasteiger partial charge >= 0.3 is 5.63 Å². The summed E-state index contributed by atoms with van der Waals surface area (Å²) >= 11 is 0. The molecule has 1 aromatic heterocycles. The molecule has 20 heavy (non-hydrogen) atoms. The maximum absolute atomic E-state index is 11.3. The summed E-state index contributed by atoms with van der Waals surface area (Å²) in [4.78, 5) is 11.3. The highest BCUT2D eigenvalue weighted by molar-refractivity contribution is 5.87. The van der Waals surface area contributed by atoms with Crippen molar-refractivity contribution < 1.29 is 19.0 Å². The maximum atomic E-state index is 11.3. The molecule has 0 saturated carbocycles. The van der Waals surface area contributed by atoms with Crippen molar-refractivity contribution in [2.24, 2.45) is 0 Å². The van der Waals surface area contributed by atoms with E-state index in [4.69, 9.17) is 13.9 Å². The Morgan fingerprint density at radius 1 is 1.40 bits per heavy atom. The summed E-state index contributed by atoms with van der Waals surface area (Å²) in [7, 11) is 1.57. The zero-order chi connectivity index (χ0) is 14.5. The second kappa shape index (κ2) is 4.24. The third-order valence-corrected chi connectivity index (χ3v) is 3.59. The predicted octanol–water partition coefficient (Wildman–Crippen LogP) is 1.88. The van der Waals surface area contributed by atoms with E-state index in [9.17, 15) is 9.90 Å². The molecule has 0 unspecified atom stereocenters. The Kier molecular flexibility index (Phi) is 2.76. The van der Waals surface area contributed by atoms with E-state index in [1.807, 2.05) is 0 Å². The van der Waals surface area contributed by atoms with Gasteiger partial charge < -0.3 is 19.0 Å². The lowest BCUT2D eigenvalue weighted by Crippen LogP contribution is -2.39. The Hall–Kier alpha value is -2.01. The molecule has 1 aromatic carbocycles. The minimum atomic E-state index is -0.961. The number of hydrogen-bond donors (Lipinski definition) is 1. The highest BCUT2D eigenvalue weighted by Crippen LogP contribution is 2.43. The fourth-order valence-corrected chi connectivity index (χ4v) is 2.51. The first kappa shape index (κ1) is 13.0. The van der Waals surface area contributed by atoms with E-state index < -0.39 is 11.2 Å². The van der Waals surface area contributed by atoms with Crippen molar-refractivity contribution in [3.8, 4) is 11.5 Å². The molecule has 0 radical (unpaired) electrons. The Balaban J connectivity index is 2.20. The first-order valence-corrected chi connectivity index (χ1v) is 6.43. The lowest BCUT2D eigenvalue weighted by atomic mass is 9.96. The molecule has 0 saturated heterocycles. The van der Waals surface area contributed by atoms with Gasteiger partial charge in [-0.3, -0.25) is 0 Å². The zero-order valence-corrected chi connectivity index (χ0v) is 11.6. The Morgan fingerprint density at radius 3 is 2.80 bits per heavy atom. The maximum Gasteiger partial charge on any atom is 0.336 e. The van der Waals surface area contributed by atoms with Crippen molar-refractivity contribution in [2.45, 2.75) is 32.0 Å². The second-order valence-corrected chi connectivity index (χ2v) is 5.52. The molecule has 106 valence electrons. The molecule has 0 aliphatic carbocycles. The van der Waals surface area contributed by atoms with Crippen LogP contribution >= 0.6 is 0 Å². The van der Waals surface area contributed by atoms with Crippen LogP contribution in [0.15, 0.2) is 27.4 Å². The van der Waals surface area contributed by atoms with Crippen LogP contribution in [-0.2, 0) is 6.42 Å². The average molecular weight is 276 g/mol. The van der Waals surface area contributed by atoms with Crippen molar-refractivity contribution in [3.05, 3.63) is 34.2 Å². The van der Waals surface area contributed by atoms with Crippen LogP contribution in [0.5, 0.6) is 11.5 Å². The summed E-state index contributed by atoms with van der Waals surface area (Å²) in [5, 5.41) is 10.8. The van der Waals surface area contributed by atoms with Crippen molar-refractivity contribution in [2.75, 3.05) is 7.11 Å². The molecule has 2 heterocycles.